The Morgan fingerprint density at radius 2 is 1.78 bits per heavy atom. The minimum absolute atomic E-state index is 0.0980. The monoisotopic (exact) mass is 397 g/mol. The van der Waals surface area contributed by atoms with E-state index in [1.807, 2.05) is 0 Å². The number of thiocarbonyl (C=S) groups is 1. The minimum Gasteiger partial charge on any atom is -0.478 e. The zero-order valence-corrected chi connectivity index (χ0v) is 15.0. The Balaban J connectivity index is 2.71. The summed E-state index contributed by atoms with van der Waals surface area (Å²) in [6.07, 6.45) is -0.811. The number of hydrogen-bond acceptors (Lipinski definition) is 3. The molecule has 0 saturated heterocycles. The van der Waals surface area contributed by atoms with E-state index in [4.69, 9.17) is 52.1 Å². The van der Waals surface area contributed by atoms with Crippen molar-refractivity contribution in [2.45, 2.75) is 23.3 Å². The van der Waals surface area contributed by atoms with Crippen LogP contribution in [0.5, 0.6) is 0 Å². The van der Waals surface area contributed by atoms with Crippen molar-refractivity contribution < 1.29 is 14.7 Å². The lowest BCUT2D eigenvalue weighted by atomic mass is 10.2. The highest BCUT2D eigenvalue weighted by atomic mass is 35.6. The van der Waals surface area contributed by atoms with Gasteiger partial charge in [-0.15, -0.1) is 0 Å². The van der Waals surface area contributed by atoms with Gasteiger partial charge >= 0.3 is 5.97 Å². The maximum atomic E-state index is 11.5. The third-order valence-corrected chi connectivity index (χ3v) is 3.49. The number of benzene rings is 1. The van der Waals surface area contributed by atoms with E-state index < -0.39 is 15.9 Å². The molecule has 0 aliphatic rings. The van der Waals surface area contributed by atoms with Crippen LogP contribution in [0.1, 0.15) is 23.7 Å². The highest BCUT2D eigenvalue weighted by molar-refractivity contribution is 7.80. The lowest BCUT2D eigenvalue weighted by Crippen LogP contribution is -2.56. The van der Waals surface area contributed by atoms with Crippen LogP contribution >= 0.6 is 47.0 Å². The number of rotatable bonds is 5. The Bertz CT molecular complexity index is 590. The predicted octanol–water partition coefficient (Wildman–Crippen LogP) is 2.89. The van der Waals surface area contributed by atoms with Crippen molar-refractivity contribution in [2.24, 2.45) is 0 Å². The first-order valence-corrected chi connectivity index (χ1v) is 7.94. The number of carbonyl (C=O) groups excluding carboxylic acids is 1. The number of carboxylic acid groups (broad SMARTS) is 1. The smallest absolute Gasteiger partial charge is 0.335 e. The van der Waals surface area contributed by atoms with E-state index in [1.54, 1.807) is 6.92 Å². The van der Waals surface area contributed by atoms with Gasteiger partial charge in [-0.1, -0.05) is 41.7 Å². The third-order valence-electron chi connectivity index (χ3n) is 2.62. The first-order valence-electron chi connectivity index (χ1n) is 6.40. The molecule has 1 amide bonds. The molecule has 1 atom stereocenters. The Hall–Kier alpha value is -1.28. The normalized spacial score (nSPS) is 12.2. The van der Waals surface area contributed by atoms with E-state index in [0.29, 0.717) is 5.69 Å². The van der Waals surface area contributed by atoms with Gasteiger partial charge in [-0.05, 0) is 36.5 Å². The van der Waals surface area contributed by atoms with Crippen LogP contribution in [0.4, 0.5) is 5.69 Å². The van der Waals surface area contributed by atoms with Gasteiger partial charge in [0.25, 0.3) is 0 Å². The first-order chi connectivity index (χ1) is 10.6. The summed E-state index contributed by atoms with van der Waals surface area (Å²) in [5, 5.41) is 16.9. The fraction of sp³-hybridized carbons (Fsp3) is 0.308. The van der Waals surface area contributed by atoms with Crippen molar-refractivity contribution in [3.05, 3.63) is 29.8 Å². The molecule has 1 aromatic rings. The summed E-state index contributed by atoms with van der Waals surface area (Å²) in [6.45, 7) is 1.66. The second-order valence-corrected chi connectivity index (χ2v) is 7.15. The standard InChI is InChI=1S/C13H14Cl3N3O3S/c1-2-9(20)18-11(13(14,15)16)19-12(23)17-8-5-3-7(4-6-8)10(21)22/h3-6,11H,2H2,1H3,(H,18,20)(H,21,22)(H2,17,19,23)/t11-/m1/s1. The van der Waals surface area contributed by atoms with Crippen molar-refractivity contribution in [1.82, 2.24) is 10.6 Å². The van der Waals surface area contributed by atoms with E-state index in [-0.39, 0.29) is 23.0 Å². The van der Waals surface area contributed by atoms with Crippen molar-refractivity contribution in [3.63, 3.8) is 0 Å². The largest absolute Gasteiger partial charge is 0.478 e. The molecule has 0 unspecified atom stereocenters. The van der Waals surface area contributed by atoms with Gasteiger partial charge in [0, 0.05) is 12.1 Å². The number of amides is 1. The average Bonchev–Trinajstić information content (AvgIpc) is 2.45. The Labute approximate surface area is 153 Å². The van der Waals surface area contributed by atoms with Crippen LogP contribution in [0.25, 0.3) is 0 Å². The van der Waals surface area contributed by atoms with Crippen LogP contribution < -0.4 is 16.0 Å². The molecule has 126 valence electrons. The summed E-state index contributed by atoms with van der Waals surface area (Å²) in [4.78, 5) is 22.2. The number of hydrogen-bond donors (Lipinski definition) is 4. The van der Waals surface area contributed by atoms with Gasteiger partial charge in [-0.3, -0.25) is 4.79 Å². The minimum atomic E-state index is -1.82. The molecule has 0 radical (unpaired) electrons. The molecule has 23 heavy (non-hydrogen) atoms. The maximum Gasteiger partial charge on any atom is 0.335 e. The van der Waals surface area contributed by atoms with Gasteiger partial charge in [0.05, 0.1) is 5.56 Å². The molecule has 0 aromatic heterocycles. The molecule has 0 aliphatic heterocycles. The topological polar surface area (TPSA) is 90.5 Å². The lowest BCUT2D eigenvalue weighted by Gasteiger charge is -2.27. The molecular formula is C13H14Cl3N3O3S. The quantitative estimate of drug-likeness (QED) is 0.346. The van der Waals surface area contributed by atoms with Gasteiger partial charge < -0.3 is 21.1 Å². The molecule has 0 saturated carbocycles. The first kappa shape index (κ1) is 19.8. The van der Waals surface area contributed by atoms with Crippen molar-refractivity contribution in [3.8, 4) is 0 Å². The van der Waals surface area contributed by atoms with E-state index in [0.717, 1.165) is 0 Å². The molecule has 4 N–H and O–H groups in total. The molecule has 1 rings (SSSR count). The van der Waals surface area contributed by atoms with Gasteiger partial charge in [0.1, 0.15) is 6.17 Å². The highest BCUT2D eigenvalue weighted by Gasteiger charge is 2.34. The SMILES string of the molecule is CCC(=O)N[C@H](NC(=S)Nc1ccc(C(=O)O)cc1)C(Cl)(Cl)Cl. The van der Waals surface area contributed by atoms with Crippen molar-refractivity contribution in [2.75, 3.05) is 5.32 Å². The zero-order valence-electron chi connectivity index (χ0n) is 11.9. The molecule has 0 aliphatic carbocycles. The van der Waals surface area contributed by atoms with Gasteiger partial charge in [0.15, 0.2) is 5.11 Å². The summed E-state index contributed by atoms with van der Waals surface area (Å²) in [7, 11) is 0. The summed E-state index contributed by atoms with van der Waals surface area (Å²) in [6, 6.07) is 5.90. The summed E-state index contributed by atoms with van der Waals surface area (Å²) < 4.78 is -1.82. The number of aromatic carboxylic acids is 1. The number of halogens is 3. The molecular weight excluding hydrogens is 385 g/mol. The van der Waals surface area contributed by atoms with Crippen LogP contribution in [0.15, 0.2) is 24.3 Å². The van der Waals surface area contributed by atoms with E-state index in [1.165, 1.54) is 24.3 Å². The molecule has 1 aromatic carbocycles. The molecule has 10 heteroatoms. The van der Waals surface area contributed by atoms with E-state index in [9.17, 15) is 9.59 Å². The summed E-state index contributed by atoms with van der Waals surface area (Å²) >= 11 is 22.5. The molecule has 6 nitrogen and oxygen atoms in total. The van der Waals surface area contributed by atoms with E-state index in [2.05, 4.69) is 16.0 Å². The van der Waals surface area contributed by atoms with Crippen molar-refractivity contribution >= 4 is 69.7 Å². The van der Waals surface area contributed by atoms with E-state index >= 15 is 0 Å². The van der Waals surface area contributed by atoms with Crippen LogP contribution in [0, 0.1) is 0 Å². The van der Waals surface area contributed by atoms with Gasteiger partial charge in [-0.2, -0.15) is 0 Å². The second kappa shape index (κ2) is 8.54. The third kappa shape index (κ3) is 6.78. The Morgan fingerprint density at radius 3 is 2.22 bits per heavy atom. The number of alkyl halides is 3. The van der Waals surface area contributed by atoms with Crippen LogP contribution in [-0.4, -0.2) is 32.1 Å². The molecule has 0 spiro atoms. The maximum absolute atomic E-state index is 11.5. The molecule has 0 heterocycles. The van der Waals surface area contributed by atoms with Crippen LogP contribution in [0.3, 0.4) is 0 Å². The summed E-state index contributed by atoms with van der Waals surface area (Å²) in [5.41, 5.74) is 0.682. The van der Waals surface area contributed by atoms with Crippen molar-refractivity contribution in [1.29, 1.82) is 0 Å². The molecule has 0 bridgehead atoms. The predicted molar refractivity (Wildman–Crippen MR) is 95.3 cm³/mol. The number of carboxylic acids is 1. The Morgan fingerprint density at radius 1 is 1.22 bits per heavy atom. The molecule has 0 fully saturated rings. The van der Waals surface area contributed by atoms with Crippen LogP contribution in [0.2, 0.25) is 0 Å². The second-order valence-electron chi connectivity index (χ2n) is 4.38. The number of nitrogens with one attached hydrogen (secondary N) is 3. The Kier molecular flexibility index (Phi) is 7.34. The number of carbonyl (C=O) groups is 2. The fourth-order valence-corrected chi connectivity index (χ4v) is 2.02. The van der Waals surface area contributed by atoms with Crippen LogP contribution in [-0.2, 0) is 4.79 Å². The fourth-order valence-electron chi connectivity index (χ4n) is 1.46. The number of anilines is 1. The van der Waals surface area contributed by atoms with Gasteiger partial charge in [0.2, 0.25) is 9.70 Å². The average molecular weight is 399 g/mol. The highest BCUT2D eigenvalue weighted by Crippen LogP contribution is 2.29. The summed E-state index contributed by atoms with van der Waals surface area (Å²) in [5.74, 6) is -1.35. The zero-order chi connectivity index (χ0) is 17.6. The lowest BCUT2D eigenvalue weighted by molar-refractivity contribution is -0.121. The van der Waals surface area contributed by atoms with Gasteiger partial charge in [-0.25, -0.2) is 4.79 Å².